The normalized spacial score (nSPS) is 13.3. The van der Waals surface area contributed by atoms with Gasteiger partial charge in [0.05, 0.1) is 17.3 Å². The quantitative estimate of drug-likeness (QED) is 0.808. The van der Waals surface area contributed by atoms with Gasteiger partial charge in [0.25, 0.3) is 11.8 Å². The summed E-state index contributed by atoms with van der Waals surface area (Å²) in [6, 6.07) is 6.66. The van der Waals surface area contributed by atoms with Crippen molar-refractivity contribution in [2.24, 2.45) is 0 Å². The zero-order valence-corrected chi connectivity index (χ0v) is 13.2. The summed E-state index contributed by atoms with van der Waals surface area (Å²) >= 11 is 0. The number of amides is 3. The fourth-order valence-corrected chi connectivity index (χ4v) is 2.57. The minimum atomic E-state index is -0.348. The molecule has 1 aliphatic rings. The summed E-state index contributed by atoms with van der Waals surface area (Å²) in [7, 11) is 0. The van der Waals surface area contributed by atoms with Crippen molar-refractivity contribution in [1.29, 1.82) is 0 Å². The molecule has 124 valence electrons. The minimum Gasteiger partial charge on any atom is -0.446 e. The first-order valence-corrected chi connectivity index (χ1v) is 7.69. The molecule has 0 aliphatic carbocycles. The second-order valence-corrected chi connectivity index (χ2v) is 5.52. The Balaban J connectivity index is 1.47. The van der Waals surface area contributed by atoms with Gasteiger partial charge < -0.3 is 9.73 Å². The van der Waals surface area contributed by atoms with E-state index in [0.29, 0.717) is 30.0 Å². The molecule has 3 amide bonds. The maximum Gasteiger partial charge on any atom is 0.261 e. The highest BCUT2D eigenvalue weighted by Gasteiger charge is 2.34. The van der Waals surface area contributed by atoms with E-state index in [9.17, 15) is 14.4 Å². The number of aryl methyl sites for hydroxylation is 1. The van der Waals surface area contributed by atoms with Crippen molar-refractivity contribution in [1.82, 2.24) is 15.2 Å². The van der Waals surface area contributed by atoms with Crippen LogP contribution in [0.3, 0.4) is 0 Å². The lowest BCUT2D eigenvalue weighted by atomic mass is 10.1. The highest BCUT2D eigenvalue weighted by molar-refractivity contribution is 6.21. The van der Waals surface area contributed by atoms with Crippen molar-refractivity contribution >= 4 is 17.7 Å². The zero-order valence-electron chi connectivity index (χ0n) is 13.2. The molecule has 1 N–H and O–H groups in total. The van der Waals surface area contributed by atoms with Gasteiger partial charge >= 0.3 is 0 Å². The van der Waals surface area contributed by atoms with Crippen LogP contribution in [-0.4, -0.2) is 40.7 Å². The van der Waals surface area contributed by atoms with Crippen molar-refractivity contribution in [3.63, 3.8) is 0 Å². The van der Waals surface area contributed by atoms with Crippen LogP contribution >= 0.6 is 0 Å². The Bertz CT molecular complexity index is 762. The van der Waals surface area contributed by atoms with E-state index < -0.39 is 0 Å². The first-order valence-electron chi connectivity index (χ1n) is 7.69. The maximum absolute atomic E-state index is 12.2. The highest BCUT2D eigenvalue weighted by atomic mass is 16.4. The van der Waals surface area contributed by atoms with Crippen LogP contribution < -0.4 is 5.32 Å². The monoisotopic (exact) mass is 327 g/mol. The Kier molecular flexibility index (Phi) is 4.41. The SMILES string of the molecule is Cc1cnc(CCNC(=O)CCN2C(=O)c3ccccc3C2=O)o1. The van der Waals surface area contributed by atoms with Gasteiger partial charge in [-0.15, -0.1) is 0 Å². The lowest BCUT2D eigenvalue weighted by Gasteiger charge is -2.13. The summed E-state index contributed by atoms with van der Waals surface area (Å²) in [6.07, 6.45) is 2.18. The summed E-state index contributed by atoms with van der Waals surface area (Å²) in [4.78, 5) is 41.4. The van der Waals surface area contributed by atoms with Gasteiger partial charge in [-0.3, -0.25) is 19.3 Å². The average Bonchev–Trinajstić information content (AvgIpc) is 3.09. The van der Waals surface area contributed by atoms with Crippen LogP contribution in [0.5, 0.6) is 0 Å². The molecule has 1 aliphatic heterocycles. The van der Waals surface area contributed by atoms with Crippen molar-refractivity contribution in [2.45, 2.75) is 19.8 Å². The van der Waals surface area contributed by atoms with Crippen LogP contribution in [0, 0.1) is 6.92 Å². The molecular formula is C17H17N3O4. The number of carbonyl (C=O) groups is 3. The number of benzene rings is 1. The second kappa shape index (κ2) is 6.66. The fraction of sp³-hybridized carbons (Fsp3) is 0.294. The number of carbonyl (C=O) groups excluding carboxylic acids is 3. The molecule has 1 aromatic carbocycles. The minimum absolute atomic E-state index is 0.0656. The van der Waals surface area contributed by atoms with Crippen LogP contribution in [0.2, 0.25) is 0 Å². The number of aromatic nitrogens is 1. The van der Waals surface area contributed by atoms with E-state index in [2.05, 4.69) is 10.3 Å². The standard InChI is InChI=1S/C17H17N3O4/c1-11-10-19-15(24-11)6-8-18-14(21)7-9-20-16(22)12-4-2-3-5-13(12)17(20)23/h2-5,10H,6-9H2,1H3,(H,18,21). The largest absolute Gasteiger partial charge is 0.446 e. The van der Waals surface area contributed by atoms with Gasteiger partial charge in [0.2, 0.25) is 5.91 Å². The zero-order chi connectivity index (χ0) is 17.1. The van der Waals surface area contributed by atoms with Gasteiger partial charge in [0.1, 0.15) is 5.76 Å². The third-order valence-corrected chi connectivity index (χ3v) is 3.77. The van der Waals surface area contributed by atoms with Gasteiger partial charge in [-0.25, -0.2) is 4.98 Å². The van der Waals surface area contributed by atoms with Crippen molar-refractivity contribution < 1.29 is 18.8 Å². The summed E-state index contributed by atoms with van der Waals surface area (Å²) < 4.78 is 5.31. The predicted octanol–water partition coefficient (Wildman–Crippen LogP) is 1.33. The van der Waals surface area contributed by atoms with Crippen molar-refractivity contribution in [3.05, 3.63) is 53.2 Å². The van der Waals surface area contributed by atoms with E-state index in [1.807, 2.05) is 0 Å². The Morgan fingerprint density at radius 2 is 1.88 bits per heavy atom. The Morgan fingerprint density at radius 3 is 2.46 bits per heavy atom. The first kappa shape index (κ1) is 15.9. The lowest BCUT2D eigenvalue weighted by molar-refractivity contribution is -0.121. The molecule has 0 unspecified atom stereocenters. The molecule has 0 saturated carbocycles. The molecule has 0 atom stereocenters. The molecule has 0 spiro atoms. The number of nitrogens with zero attached hydrogens (tertiary/aromatic N) is 2. The molecule has 0 fully saturated rings. The van der Waals surface area contributed by atoms with Gasteiger partial charge in [0.15, 0.2) is 5.89 Å². The predicted molar refractivity (Wildman–Crippen MR) is 84.4 cm³/mol. The van der Waals surface area contributed by atoms with Crippen LogP contribution in [0.15, 0.2) is 34.9 Å². The molecule has 24 heavy (non-hydrogen) atoms. The molecule has 0 radical (unpaired) electrons. The Hall–Kier alpha value is -2.96. The molecule has 3 rings (SSSR count). The molecular weight excluding hydrogens is 310 g/mol. The molecule has 7 nitrogen and oxygen atoms in total. The molecule has 0 saturated heterocycles. The van der Waals surface area contributed by atoms with Crippen molar-refractivity contribution in [2.75, 3.05) is 13.1 Å². The van der Waals surface area contributed by atoms with Crippen LogP contribution in [0.4, 0.5) is 0 Å². The van der Waals surface area contributed by atoms with Crippen LogP contribution in [0.25, 0.3) is 0 Å². The lowest BCUT2D eigenvalue weighted by Crippen LogP contribution is -2.35. The number of fused-ring (bicyclic) bond motifs is 1. The van der Waals surface area contributed by atoms with Crippen LogP contribution in [-0.2, 0) is 11.2 Å². The van der Waals surface area contributed by atoms with Crippen LogP contribution in [0.1, 0.15) is 38.8 Å². The number of imide groups is 1. The number of oxazole rings is 1. The molecule has 2 heterocycles. The summed E-state index contributed by atoms with van der Waals surface area (Å²) in [5.74, 6) is 0.363. The summed E-state index contributed by atoms with van der Waals surface area (Å²) in [5.41, 5.74) is 0.782. The first-order chi connectivity index (χ1) is 11.6. The van der Waals surface area contributed by atoms with E-state index in [1.54, 1.807) is 37.4 Å². The van der Waals surface area contributed by atoms with E-state index in [1.165, 1.54) is 0 Å². The van der Waals surface area contributed by atoms with E-state index >= 15 is 0 Å². The second-order valence-electron chi connectivity index (χ2n) is 5.52. The van der Waals surface area contributed by atoms with E-state index in [0.717, 1.165) is 10.7 Å². The topological polar surface area (TPSA) is 92.5 Å². The fourth-order valence-electron chi connectivity index (χ4n) is 2.57. The van der Waals surface area contributed by atoms with Gasteiger partial charge in [-0.05, 0) is 19.1 Å². The van der Waals surface area contributed by atoms with Gasteiger partial charge in [0, 0.05) is 25.9 Å². The maximum atomic E-state index is 12.2. The average molecular weight is 327 g/mol. The smallest absolute Gasteiger partial charge is 0.261 e. The summed E-state index contributed by atoms with van der Waals surface area (Å²) in [6.45, 7) is 2.26. The molecule has 1 aromatic heterocycles. The highest BCUT2D eigenvalue weighted by Crippen LogP contribution is 2.22. The number of hydrogen-bond donors (Lipinski definition) is 1. The van der Waals surface area contributed by atoms with E-state index in [4.69, 9.17) is 4.42 Å². The number of nitrogens with one attached hydrogen (secondary N) is 1. The van der Waals surface area contributed by atoms with Gasteiger partial charge in [-0.1, -0.05) is 12.1 Å². The van der Waals surface area contributed by atoms with E-state index in [-0.39, 0.29) is 30.7 Å². The summed E-state index contributed by atoms with van der Waals surface area (Å²) in [5, 5.41) is 2.73. The van der Waals surface area contributed by atoms with Gasteiger partial charge in [-0.2, -0.15) is 0 Å². The molecule has 7 heteroatoms. The Labute approximate surface area is 138 Å². The number of rotatable bonds is 6. The third kappa shape index (κ3) is 3.19. The number of hydrogen-bond acceptors (Lipinski definition) is 5. The third-order valence-electron chi connectivity index (χ3n) is 3.77. The molecule has 0 bridgehead atoms. The Morgan fingerprint density at radius 1 is 1.21 bits per heavy atom. The molecule has 2 aromatic rings. The van der Waals surface area contributed by atoms with Crippen molar-refractivity contribution in [3.8, 4) is 0 Å².